The van der Waals surface area contributed by atoms with Crippen LogP contribution in [-0.2, 0) is 9.53 Å². The Hall–Kier alpha value is -0.570. The zero-order valence-corrected chi connectivity index (χ0v) is 9.88. The molecule has 0 aromatic rings. The number of hydrogen-bond donors (Lipinski definition) is 1. The molecular formula is C12H21NO2. The van der Waals surface area contributed by atoms with Crippen molar-refractivity contribution in [2.24, 2.45) is 11.8 Å². The molecule has 3 heteroatoms. The lowest BCUT2D eigenvalue weighted by Crippen LogP contribution is -2.62. The second kappa shape index (κ2) is 3.78. The van der Waals surface area contributed by atoms with Gasteiger partial charge in [0.25, 0.3) is 0 Å². The highest BCUT2D eigenvalue weighted by Crippen LogP contribution is 2.44. The van der Waals surface area contributed by atoms with Crippen LogP contribution in [0.25, 0.3) is 0 Å². The van der Waals surface area contributed by atoms with Crippen molar-refractivity contribution < 1.29 is 9.53 Å². The summed E-state index contributed by atoms with van der Waals surface area (Å²) in [6.45, 7) is 4.45. The zero-order valence-electron chi connectivity index (χ0n) is 9.88. The third-order valence-electron chi connectivity index (χ3n) is 3.80. The lowest BCUT2D eigenvalue weighted by Gasteiger charge is -2.47. The first kappa shape index (κ1) is 10.9. The normalized spacial score (nSPS) is 35.1. The number of nitrogens with one attached hydrogen (secondary N) is 1. The molecule has 0 amide bonds. The van der Waals surface area contributed by atoms with E-state index in [-0.39, 0.29) is 11.5 Å². The first-order valence-electron chi connectivity index (χ1n) is 5.93. The third-order valence-corrected chi connectivity index (χ3v) is 3.80. The van der Waals surface area contributed by atoms with Gasteiger partial charge < -0.3 is 4.74 Å². The van der Waals surface area contributed by atoms with Crippen molar-refractivity contribution in [2.45, 2.75) is 51.1 Å². The number of esters is 1. The molecular weight excluding hydrogens is 190 g/mol. The number of rotatable bonds is 4. The average molecular weight is 211 g/mol. The molecule has 0 saturated heterocycles. The summed E-state index contributed by atoms with van der Waals surface area (Å²) in [4.78, 5) is 11.8. The van der Waals surface area contributed by atoms with Crippen LogP contribution in [0.2, 0.25) is 0 Å². The Labute approximate surface area is 91.6 Å². The SMILES string of the molecule is COC(=O)C1(NC2CC2)CC(C(C)C)C1. The van der Waals surface area contributed by atoms with Gasteiger partial charge in [-0.15, -0.1) is 0 Å². The van der Waals surface area contributed by atoms with E-state index >= 15 is 0 Å². The van der Waals surface area contributed by atoms with E-state index in [0.29, 0.717) is 17.9 Å². The second-order valence-corrected chi connectivity index (χ2v) is 5.40. The molecule has 2 aliphatic rings. The Kier molecular flexibility index (Phi) is 2.75. The monoisotopic (exact) mass is 211 g/mol. The van der Waals surface area contributed by atoms with Crippen molar-refractivity contribution >= 4 is 5.97 Å². The Bertz CT molecular complexity index is 252. The third kappa shape index (κ3) is 2.03. The maximum Gasteiger partial charge on any atom is 0.326 e. The molecule has 0 spiro atoms. The largest absolute Gasteiger partial charge is 0.468 e. The van der Waals surface area contributed by atoms with Gasteiger partial charge in [-0.25, -0.2) is 0 Å². The lowest BCUT2D eigenvalue weighted by molar-refractivity contribution is -0.156. The topological polar surface area (TPSA) is 38.3 Å². The highest BCUT2D eigenvalue weighted by molar-refractivity contribution is 5.82. The van der Waals surface area contributed by atoms with E-state index < -0.39 is 0 Å². The number of carbonyl (C=O) groups excluding carboxylic acids is 1. The first-order valence-corrected chi connectivity index (χ1v) is 5.93. The van der Waals surface area contributed by atoms with Gasteiger partial charge >= 0.3 is 5.97 Å². The van der Waals surface area contributed by atoms with Gasteiger partial charge in [-0.1, -0.05) is 13.8 Å². The molecule has 3 nitrogen and oxygen atoms in total. The summed E-state index contributed by atoms with van der Waals surface area (Å²) in [5, 5.41) is 3.46. The number of methoxy groups -OCH3 is 1. The van der Waals surface area contributed by atoms with E-state index in [1.807, 2.05) is 0 Å². The Morgan fingerprint density at radius 2 is 2.00 bits per heavy atom. The fourth-order valence-electron chi connectivity index (χ4n) is 2.46. The molecule has 15 heavy (non-hydrogen) atoms. The highest BCUT2D eigenvalue weighted by atomic mass is 16.5. The molecule has 1 N–H and O–H groups in total. The van der Waals surface area contributed by atoms with E-state index in [0.717, 1.165) is 12.8 Å². The minimum atomic E-state index is -0.342. The van der Waals surface area contributed by atoms with E-state index in [9.17, 15) is 4.79 Å². The fraction of sp³-hybridized carbons (Fsp3) is 0.917. The van der Waals surface area contributed by atoms with Gasteiger partial charge in [0.05, 0.1) is 7.11 Å². The standard InChI is InChI=1S/C12H21NO2/c1-8(2)9-6-12(7-9,11(14)15-3)13-10-4-5-10/h8-10,13H,4-7H2,1-3H3. The van der Waals surface area contributed by atoms with E-state index in [4.69, 9.17) is 4.74 Å². The van der Waals surface area contributed by atoms with Crippen LogP contribution in [0.3, 0.4) is 0 Å². The van der Waals surface area contributed by atoms with Crippen molar-refractivity contribution in [3.63, 3.8) is 0 Å². The molecule has 0 aromatic heterocycles. The number of ether oxygens (including phenoxy) is 1. The van der Waals surface area contributed by atoms with Gasteiger partial charge in [0.1, 0.15) is 5.54 Å². The molecule has 86 valence electrons. The van der Waals surface area contributed by atoms with Crippen molar-refractivity contribution in [1.29, 1.82) is 0 Å². The maximum atomic E-state index is 11.8. The smallest absolute Gasteiger partial charge is 0.326 e. The van der Waals surface area contributed by atoms with Gasteiger partial charge in [0.2, 0.25) is 0 Å². The second-order valence-electron chi connectivity index (χ2n) is 5.40. The molecule has 0 radical (unpaired) electrons. The summed E-state index contributed by atoms with van der Waals surface area (Å²) < 4.78 is 4.91. The average Bonchev–Trinajstić information content (AvgIpc) is 2.92. The predicted octanol–water partition coefficient (Wildman–Crippen LogP) is 1.72. The van der Waals surface area contributed by atoms with Crippen LogP contribution in [0, 0.1) is 11.8 Å². The molecule has 2 saturated carbocycles. The summed E-state index contributed by atoms with van der Waals surface area (Å²) in [7, 11) is 1.49. The molecule has 0 aromatic carbocycles. The molecule has 0 unspecified atom stereocenters. The predicted molar refractivity (Wildman–Crippen MR) is 58.5 cm³/mol. The van der Waals surface area contributed by atoms with Crippen LogP contribution in [-0.4, -0.2) is 24.7 Å². The number of hydrogen-bond acceptors (Lipinski definition) is 3. The van der Waals surface area contributed by atoms with Crippen LogP contribution in [0.15, 0.2) is 0 Å². The van der Waals surface area contributed by atoms with E-state index in [1.165, 1.54) is 20.0 Å². The summed E-state index contributed by atoms with van der Waals surface area (Å²) in [6.07, 6.45) is 4.33. The molecule has 0 aliphatic heterocycles. The Morgan fingerprint density at radius 1 is 1.40 bits per heavy atom. The van der Waals surface area contributed by atoms with Crippen molar-refractivity contribution in [3.05, 3.63) is 0 Å². The highest BCUT2D eigenvalue weighted by Gasteiger charge is 2.53. The van der Waals surface area contributed by atoms with Gasteiger partial charge in [-0.05, 0) is 37.5 Å². The first-order chi connectivity index (χ1) is 7.07. The van der Waals surface area contributed by atoms with Crippen LogP contribution in [0.4, 0.5) is 0 Å². The van der Waals surface area contributed by atoms with Crippen LogP contribution in [0.1, 0.15) is 39.5 Å². The molecule has 0 atom stereocenters. The van der Waals surface area contributed by atoms with Gasteiger partial charge in [-0.3, -0.25) is 10.1 Å². The molecule has 2 rings (SSSR count). The summed E-state index contributed by atoms with van der Waals surface area (Å²) in [5.74, 6) is 1.28. The van der Waals surface area contributed by atoms with Gasteiger partial charge in [0.15, 0.2) is 0 Å². The van der Waals surface area contributed by atoms with Crippen molar-refractivity contribution in [3.8, 4) is 0 Å². The maximum absolute atomic E-state index is 11.8. The fourth-order valence-corrected chi connectivity index (χ4v) is 2.46. The summed E-state index contributed by atoms with van der Waals surface area (Å²) >= 11 is 0. The minimum absolute atomic E-state index is 0.0636. The Balaban J connectivity index is 1.96. The quantitative estimate of drug-likeness (QED) is 0.719. The van der Waals surface area contributed by atoms with E-state index in [1.54, 1.807) is 0 Å². The van der Waals surface area contributed by atoms with Crippen LogP contribution >= 0.6 is 0 Å². The van der Waals surface area contributed by atoms with E-state index in [2.05, 4.69) is 19.2 Å². The Morgan fingerprint density at radius 3 is 2.40 bits per heavy atom. The van der Waals surface area contributed by atoms with Crippen molar-refractivity contribution in [1.82, 2.24) is 5.32 Å². The van der Waals surface area contributed by atoms with Crippen LogP contribution < -0.4 is 5.32 Å². The van der Waals surface area contributed by atoms with Crippen molar-refractivity contribution in [2.75, 3.05) is 7.11 Å². The molecule has 2 fully saturated rings. The molecule has 2 aliphatic carbocycles. The minimum Gasteiger partial charge on any atom is -0.468 e. The van der Waals surface area contributed by atoms with Crippen LogP contribution in [0.5, 0.6) is 0 Å². The van der Waals surface area contributed by atoms with Gasteiger partial charge in [0, 0.05) is 6.04 Å². The molecule has 0 bridgehead atoms. The zero-order chi connectivity index (χ0) is 11.1. The number of carbonyl (C=O) groups is 1. The van der Waals surface area contributed by atoms with Gasteiger partial charge in [-0.2, -0.15) is 0 Å². The molecule has 0 heterocycles. The lowest BCUT2D eigenvalue weighted by atomic mass is 9.64. The summed E-state index contributed by atoms with van der Waals surface area (Å²) in [6, 6.07) is 0.567. The summed E-state index contributed by atoms with van der Waals surface area (Å²) in [5.41, 5.74) is -0.342.